The number of ether oxygens (including phenoxy) is 3. The number of amides is 1. The third kappa shape index (κ3) is 6.76. The predicted octanol–water partition coefficient (Wildman–Crippen LogP) is 6.21. The van der Waals surface area contributed by atoms with Crippen LogP contribution in [0.2, 0.25) is 0 Å². The molecule has 208 valence electrons. The first kappa shape index (κ1) is 28.5. The van der Waals surface area contributed by atoms with Gasteiger partial charge in [0, 0.05) is 12.6 Å². The van der Waals surface area contributed by atoms with Gasteiger partial charge < -0.3 is 19.5 Å². The first-order valence-electron chi connectivity index (χ1n) is 13.5. The molecule has 1 atom stereocenters. The minimum Gasteiger partial charge on any atom is -0.493 e. The predicted molar refractivity (Wildman–Crippen MR) is 156 cm³/mol. The van der Waals surface area contributed by atoms with Crippen LogP contribution in [0.15, 0.2) is 58.0 Å². The highest BCUT2D eigenvalue weighted by Crippen LogP contribution is 2.33. The average Bonchev–Trinajstić information content (AvgIpc) is 2.96. The van der Waals surface area contributed by atoms with Crippen LogP contribution in [-0.4, -0.2) is 41.5 Å². The molecule has 2 aromatic carbocycles. The van der Waals surface area contributed by atoms with Gasteiger partial charge in [-0.2, -0.15) is 0 Å². The number of rotatable bonds is 12. The third-order valence-corrected chi connectivity index (χ3v) is 8.18. The summed E-state index contributed by atoms with van der Waals surface area (Å²) in [6, 6.07) is 10.8. The second-order valence-corrected chi connectivity index (χ2v) is 10.5. The Morgan fingerprint density at radius 1 is 1.10 bits per heavy atom. The van der Waals surface area contributed by atoms with E-state index in [-0.39, 0.29) is 11.5 Å². The average molecular weight is 552 g/mol. The van der Waals surface area contributed by atoms with Crippen LogP contribution in [0.3, 0.4) is 0 Å². The lowest BCUT2D eigenvalue weighted by atomic mass is 9.97. The standard InChI is InChI=1S/C30H37N3O5S/c1-5-27(28(34)31-22-14-10-11-15-24(22)38-6-2)39-30-32-23-19-26(37-4)25(36-3)18-21(23)29(35)33(30)17-16-20-12-8-7-9-13-20/h10-12,14-15,18-19,27H,5-9,13,16-17H2,1-4H3,(H,31,34)/t27-/m0/s1. The number of nitrogens with zero attached hydrogens (tertiary/aromatic N) is 2. The molecule has 0 saturated heterocycles. The van der Waals surface area contributed by atoms with Gasteiger partial charge in [0.05, 0.1) is 42.7 Å². The zero-order valence-electron chi connectivity index (χ0n) is 23.1. The fourth-order valence-corrected chi connectivity index (χ4v) is 5.76. The molecule has 8 nitrogen and oxygen atoms in total. The van der Waals surface area contributed by atoms with Crippen molar-refractivity contribution in [3.63, 3.8) is 0 Å². The summed E-state index contributed by atoms with van der Waals surface area (Å²) in [5, 5.41) is 3.51. The van der Waals surface area contributed by atoms with E-state index in [1.54, 1.807) is 30.9 Å². The number of carbonyl (C=O) groups is 1. The fourth-order valence-electron chi connectivity index (χ4n) is 4.72. The van der Waals surface area contributed by atoms with Gasteiger partial charge in [-0.05, 0) is 63.6 Å². The second-order valence-electron chi connectivity index (χ2n) is 9.37. The number of benzene rings is 2. The maximum Gasteiger partial charge on any atom is 0.262 e. The van der Waals surface area contributed by atoms with Crippen LogP contribution in [-0.2, 0) is 11.3 Å². The highest BCUT2D eigenvalue weighted by Gasteiger charge is 2.24. The molecule has 1 aliphatic rings. The smallest absolute Gasteiger partial charge is 0.262 e. The van der Waals surface area contributed by atoms with Crippen LogP contribution in [0, 0.1) is 0 Å². The van der Waals surface area contributed by atoms with Gasteiger partial charge in [0.1, 0.15) is 5.75 Å². The van der Waals surface area contributed by atoms with Gasteiger partial charge in [-0.3, -0.25) is 14.2 Å². The van der Waals surface area contributed by atoms with E-state index in [1.807, 2.05) is 38.1 Å². The molecule has 0 unspecified atom stereocenters. The number of methoxy groups -OCH3 is 2. The van der Waals surface area contributed by atoms with E-state index in [2.05, 4.69) is 11.4 Å². The topological polar surface area (TPSA) is 91.7 Å². The Morgan fingerprint density at radius 3 is 2.56 bits per heavy atom. The fraction of sp³-hybridized carbons (Fsp3) is 0.433. The summed E-state index contributed by atoms with van der Waals surface area (Å²) in [6.07, 6.45) is 8.15. The van der Waals surface area contributed by atoms with E-state index in [0.29, 0.717) is 58.6 Å². The molecule has 1 aromatic heterocycles. The van der Waals surface area contributed by atoms with E-state index in [0.717, 1.165) is 19.3 Å². The van der Waals surface area contributed by atoms with Crippen molar-refractivity contribution in [3.8, 4) is 17.2 Å². The van der Waals surface area contributed by atoms with Crippen molar-refractivity contribution < 1.29 is 19.0 Å². The number of aromatic nitrogens is 2. The molecule has 0 aliphatic heterocycles. The second kappa shape index (κ2) is 13.6. The number of thioether (sulfide) groups is 1. The Balaban J connectivity index is 1.70. The van der Waals surface area contributed by atoms with Crippen LogP contribution < -0.4 is 25.1 Å². The molecule has 3 aromatic rings. The Labute approximate surface area is 233 Å². The maximum absolute atomic E-state index is 13.8. The molecule has 1 aliphatic carbocycles. The van der Waals surface area contributed by atoms with E-state index >= 15 is 0 Å². The molecule has 0 fully saturated rings. The molecular formula is C30H37N3O5S. The summed E-state index contributed by atoms with van der Waals surface area (Å²) in [6.45, 7) is 4.85. The highest BCUT2D eigenvalue weighted by atomic mass is 32.2. The lowest BCUT2D eigenvalue weighted by molar-refractivity contribution is -0.115. The zero-order chi connectivity index (χ0) is 27.8. The number of hydrogen-bond donors (Lipinski definition) is 1. The molecule has 1 N–H and O–H groups in total. The monoisotopic (exact) mass is 551 g/mol. The van der Waals surface area contributed by atoms with Crippen molar-refractivity contribution in [2.75, 3.05) is 26.1 Å². The van der Waals surface area contributed by atoms with Crippen molar-refractivity contribution in [1.82, 2.24) is 9.55 Å². The van der Waals surface area contributed by atoms with Gasteiger partial charge in [-0.1, -0.05) is 42.5 Å². The van der Waals surface area contributed by atoms with Gasteiger partial charge in [-0.15, -0.1) is 0 Å². The number of allylic oxidation sites excluding steroid dienone is 2. The third-order valence-electron chi connectivity index (χ3n) is 6.82. The van der Waals surface area contributed by atoms with Gasteiger partial charge >= 0.3 is 0 Å². The van der Waals surface area contributed by atoms with Gasteiger partial charge in [0.25, 0.3) is 5.56 Å². The summed E-state index contributed by atoms with van der Waals surface area (Å²) in [5.41, 5.74) is 2.34. The summed E-state index contributed by atoms with van der Waals surface area (Å²) in [4.78, 5) is 32.1. The van der Waals surface area contributed by atoms with Gasteiger partial charge in [0.2, 0.25) is 5.91 Å². The van der Waals surface area contributed by atoms with Crippen molar-refractivity contribution in [1.29, 1.82) is 0 Å². The van der Waals surface area contributed by atoms with E-state index in [4.69, 9.17) is 19.2 Å². The normalized spacial score (nSPS) is 14.0. The molecule has 1 amide bonds. The first-order valence-corrected chi connectivity index (χ1v) is 14.4. The van der Waals surface area contributed by atoms with Crippen LogP contribution in [0.5, 0.6) is 17.2 Å². The lowest BCUT2D eigenvalue weighted by Gasteiger charge is -2.20. The number of para-hydroxylation sites is 2. The van der Waals surface area contributed by atoms with Gasteiger partial charge in [0.15, 0.2) is 16.7 Å². The van der Waals surface area contributed by atoms with Crippen LogP contribution in [0.1, 0.15) is 52.4 Å². The van der Waals surface area contributed by atoms with Crippen molar-refractivity contribution in [3.05, 3.63) is 58.4 Å². The Kier molecular flexibility index (Phi) is 9.92. The molecule has 9 heteroatoms. The van der Waals surface area contributed by atoms with Crippen molar-refractivity contribution in [2.24, 2.45) is 0 Å². The number of hydrogen-bond acceptors (Lipinski definition) is 7. The summed E-state index contributed by atoms with van der Waals surface area (Å²) in [7, 11) is 3.10. The molecule has 1 heterocycles. The lowest BCUT2D eigenvalue weighted by Crippen LogP contribution is -2.28. The highest BCUT2D eigenvalue weighted by molar-refractivity contribution is 8.00. The quantitative estimate of drug-likeness (QED) is 0.162. The molecule has 0 bridgehead atoms. The molecule has 0 spiro atoms. The Morgan fingerprint density at radius 2 is 1.87 bits per heavy atom. The number of carbonyl (C=O) groups excluding carboxylic acids is 1. The van der Waals surface area contributed by atoms with E-state index < -0.39 is 5.25 Å². The van der Waals surface area contributed by atoms with Gasteiger partial charge in [-0.25, -0.2) is 4.98 Å². The summed E-state index contributed by atoms with van der Waals surface area (Å²) >= 11 is 1.31. The Bertz CT molecular complexity index is 1400. The molecule has 4 rings (SSSR count). The summed E-state index contributed by atoms with van der Waals surface area (Å²) in [5.74, 6) is 1.42. The largest absolute Gasteiger partial charge is 0.493 e. The minimum atomic E-state index is -0.468. The van der Waals surface area contributed by atoms with E-state index in [1.165, 1.54) is 30.2 Å². The first-order chi connectivity index (χ1) is 19.0. The minimum absolute atomic E-state index is 0.156. The molecular weight excluding hydrogens is 514 g/mol. The summed E-state index contributed by atoms with van der Waals surface area (Å²) < 4.78 is 18.3. The number of nitrogens with one attached hydrogen (secondary N) is 1. The van der Waals surface area contributed by atoms with E-state index in [9.17, 15) is 9.59 Å². The zero-order valence-corrected chi connectivity index (χ0v) is 23.9. The van der Waals surface area contributed by atoms with Crippen LogP contribution >= 0.6 is 11.8 Å². The number of anilines is 1. The van der Waals surface area contributed by atoms with Crippen LogP contribution in [0.25, 0.3) is 10.9 Å². The van der Waals surface area contributed by atoms with Crippen molar-refractivity contribution in [2.45, 2.75) is 69.3 Å². The Hall–Kier alpha value is -3.46. The SMILES string of the molecule is CCOc1ccccc1NC(=O)[C@H](CC)Sc1nc2cc(OC)c(OC)cc2c(=O)n1CCC1=CCCCC1. The molecule has 0 saturated carbocycles. The number of fused-ring (bicyclic) bond motifs is 1. The molecule has 39 heavy (non-hydrogen) atoms. The maximum atomic E-state index is 13.8. The van der Waals surface area contributed by atoms with Crippen LogP contribution in [0.4, 0.5) is 5.69 Å². The molecule has 0 radical (unpaired) electrons. The van der Waals surface area contributed by atoms with Crippen molar-refractivity contribution >= 4 is 34.3 Å².